The molecule has 0 atom stereocenters. The number of nitrogen functional groups attached to an aromatic ring is 1. The molecule has 5 nitrogen and oxygen atoms in total. The topological polar surface area (TPSA) is 64.3 Å². The molecule has 112 valence electrons. The number of anilines is 2. The molecule has 0 aliphatic carbocycles. The minimum absolute atomic E-state index is 0.290. The second-order valence-electron chi connectivity index (χ2n) is 5.33. The van der Waals surface area contributed by atoms with Crippen LogP contribution in [0.25, 0.3) is 0 Å². The molecule has 0 aliphatic heterocycles. The zero-order chi connectivity index (χ0) is 15.4. The summed E-state index contributed by atoms with van der Waals surface area (Å²) in [4.78, 5) is 10.3. The van der Waals surface area contributed by atoms with E-state index in [-0.39, 0.29) is 5.95 Å². The average molecular weight is 286 g/mol. The Morgan fingerprint density at radius 3 is 2.48 bits per heavy atom. The van der Waals surface area contributed by atoms with Crippen molar-refractivity contribution in [3.8, 4) is 5.75 Å². The molecule has 0 saturated heterocycles. The highest BCUT2D eigenvalue weighted by molar-refractivity contribution is 5.47. The van der Waals surface area contributed by atoms with E-state index in [4.69, 9.17) is 10.5 Å². The molecule has 0 bridgehead atoms. The van der Waals surface area contributed by atoms with Gasteiger partial charge in [0, 0.05) is 18.8 Å². The molecule has 1 aromatic carbocycles. The van der Waals surface area contributed by atoms with E-state index in [2.05, 4.69) is 29.9 Å². The molecular formula is C16H22N4O. The summed E-state index contributed by atoms with van der Waals surface area (Å²) < 4.78 is 5.81. The first-order chi connectivity index (χ1) is 9.95. The molecule has 0 spiro atoms. The van der Waals surface area contributed by atoms with Crippen LogP contribution in [0.3, 0.4) is 0 Å². The van der Waals surface area contributed by atoms with Gasteiger partial charge in [-0.3, -0.25) is 0 Å². The number of nitrogens with two attached hydrogens (primary N) is 1. The Balaban J connectivity index is 1.95. The number of rotatable bonds is 5. The second kappa shape index (κ2) is 6.43. The van der Waals surface area contributed by atoms with Crippen molar-refractivity contribution >= 4 is 11.8 Å². The number of aryl methyl sites for hydroxylation is 3. The molecule has 2 rings (SSSR count). The first-order valence-electron chi connectivity index (χ1n) is 6.97. The maximum atomic E-state index is 5.81. The summed E-state index contributed by atoms with van der Waals surface area (Å²) in [5, 5.41) is 0. The predicted molar refractivity (Wildman–Crippen MR) is 85.9 cm³/mol. The molecule has 21 heavy (non-hydrogen) atoms. The van der Waals surface area contributed by atoms with Crippen molar-refractivity contribution in [1.29, 1.82) is 0 Å². The van der Waals surface area contributed by atoms with Crippen molar-refractivity contribution in [2.75, 3.05) is 30.8 Å². The molecule has 1 heterocycles. The predicted octanol–water partition coefficient (Wildman–Crippen LogP) is 2.50. The molecule has 5 heteroatoms. The minimum atomic E-state index is 0.290. The Kier molecular flexibility index (Phi) is 4.62. The van der Waals surface area contributed by atoms with Gasteiger partial charge in [0.1, 0.15) is 18.2 Å². The monoisotopic (exact) mass is 286 g/mol. The molecule has 0 radical (unpaired) electrons. The van der Waals surface area contributed by atoms with Crippen LogP contribution in [0, 0.1) is 20.8 Å². The highest BCUT2D eigenvalue weighted by atomic mass is 16.5. The van der Waals surface area contributed by atoms with Gasteiger partial charge in [0.05, 0.1) is 6.54 Å². The second-order valence-corrected chi connectivity index (χ2v) is 5.33. The van der Waals surface area contributed by atoms with Crippen molar-refractivity contribution in [3.63, 3.8) is 0 Å². The summed E-state index contributed by atoms with van der Waals surface area (Å²) in [5.74, 6) is 2.03. The van der Waals surface area contributed by atoms with Crippen molar-refractivity contribution in [2.45, 2.75) is 20.8 Å². The largest absolute Gasteiger partial charge is 0.492 e. The van der Waals surface area contributed by atoms with Gasteiger partial charge in [-0.25, -0.2) is 4.98 Å². The number of benzene rings is 1. The van der Waals surface area contributed by atoms with Crippen molar-refractivity contribution in [1.82, 2.24) is 9.97 Å². The Bertz CT molecular complexity index is 607. The van der Waals surface area contributed by atoms with Gasteiger partial charge in [0.15, 0.2) is 0 Å². The summed E-state index contributed by atoms with van der Waals surface area (Å²) in [6, 6.07) is 6.22. The van der Waals surface area contributed by atoms with E-state index in [9.17, 15) is 0 Å². The van der Waals surface area contributed by atoms with E-state index >= 15 is 0 Å². The van der Waals surface area contributed by atoms with E-state index < -0.39 is 0 Å². The van der Waals surface area contributed by atoms with Gasteiger partial charge in [-0.05, 0) is 44.0 Å². The third kappa shape index (κ3) is 4.08. The molecule has 0 amide bonds. The van der Waals surface area contributed by atoms with Crippen molar-refractivity contribution < 1.29 is 4.74 Å². The van der Waals surface area contributed by atoms with Gasteiger partial charge in [0.25, 0.3) is 0 Å². The zero-order valence-corrected chi connectivity index (χ0v) is 13.1. The molecule has 0 saturated carbocycles. The van der Waals surface area contributed by atoms with Crippen LogP contribution in [-0.4, -0.2) is 30.2 Å². The number of likely N-dealkylation sites (N-methyl/N-ethyl adjacent to an activating group) is 1. The Labute approximate surface area is 125 Å². The fourth-order valence-corrected chi connectivity index (χ4v) is 2.26. The zero-order valence-electron chi connectivity index (χ0n) is 13.1. The quantitative estimate of drug-likeness (QED) is 0.915. The van der Waals surface area contributed by atoms with E-state index in [1.165, 1.54) is 11.1 Å². The standard InChI is InChI=1S/C16H22N4O/c1-11-7-12(2)9-14(8-11)21-6-5-20(4)15-13(3)10-18-16(17)19-15/h7-10H,5-6H2,1-4H3,(H2,17,18,19). The number of nitrogens with zero attached hydrogens (tertiary/aromatic N) is 3. The number of hydrogen-bond donors (Lipinski definition) is 1. The highest BCUT2D eigenvalue weighted by Gasteiger charge is 2.08. The van der Waals surface area contributed by atoms with E-state index in [1.54, 1.807) is 6.20 Å². The van der Waals surface area contributed by atoms with Crippen molar-refractivity contribution in [3.05, 3.63) is 41.1 Å². The van der Waals surface area contributed by atoms with Crippen molar-refractivity contribution in [2.24, 2.45) is 0 Å². The lowest BCUT2D eigenvalue weighted by atomic mass is 10.1. The summed E-state index contributed by atoms with van der Waals surface area (Å²) in [5.41, 5.74) is 9.05. The van der Waals surface area contributed by atoms with Gasteiger partial charge < -0.3 is 15.4 Å². The van der Waals surface area contributed by atoms with Crippen LogP contribution >= 0.6 is 0 Å². The number of aromatic nitrogens is 2. The average Bonchev–Trinajstić information content (AvgIpc) is 2.40. The molecule has 1 aromatic heterocycles. The lowest BCUT2D eigenvalue weighted by Crippen LogP contribution is -2.25. The first-order valence-corrected chi connectivity index (χ1v) is 6.97. The van der Waals surface area contributed by atoms with Crippen LogP contribution in [0.2, 0.25) is 0 Å². The SMILES string of the molecule is Cc1cc(C)cc(OCCN(C)c2nc(N)ncc2C)c1. The highest BCUT2D eigenvalue weighted by Crippen LogP contribution is 2.17. The molecule has 0 unspecified atom stereocenters. The maximum Gasteiger partial charge on any atom is 0.221 e. The van der Waals surface area contributed by atoms with Gasteiger partial charge in [-0.15, -0.1) is 0 Å². The van der Waals surface area contributed by atoms with Gasteiger partial charge >= 0.3 is 0 Å². The lowest BCUT2D eigenvalue weighted by Gasteiger charge is -2.20. The summed E-state index contributed by atoms with van der Waals surface area (Å²) in [7, 11) is 1.97. The molecule has 0 aliphatic rings. The first kappa shape index (κ1) is 15.1. The fraction of sp³-hybridized carbons (Fsp3) is 0.375. The Morgan fingerprint density at radius 1 is 1.14 bits per heavy atom. The summed E-state index contributed by atoms with van der Waals surface area (Å²) >= 11 is 0. The lowest BCUT2D eigenvalue weighted by molar-refractivity contribution is 0.325. The van der Waals surface area contributed by atoms with Crippen LogP contribution in [-0.2, 0) is 0 Å². The summed E-state index contributed by atoms with van der Waals surface area (Å²) in [6.07, 6.45) is 1.74. The molecular weight excluding hydrogens is 264 g/mol. The summed E-state index contributed by atoms with van der Waals surface area (Å²) in [6.45, 7) is 7.42. The van der Waals surface area contributed by atoms with Crippen LogP contribution < -0.4 is 15.4 Å². The third-order valence-electron chi connectivity index (χ3n) is 3.22. The minimum Gasteiger partial charge on any atom is -0.492 e. The van der Waals surface area contributed by atoms with E-state index in [0.717, 1.165) is 23.7 Å². The van der Waals surface area contributed by atoms with Gasteiger partial charge in [-0.2, -0.15) is 4.98 Å². The smallest absolute Gasteiger partial charge is 0.221 e. The number of hydrogen-bond acceptors (Lipinski definition) is 5. The van der Waals surface area contributed by atoms with E-state index in [0.29, 0.717) is 6.61 Å². The van der Waals surface area contributed by atoms with Crippen LogP contribution in [0.1, 0.15) is 16.7 Å². The number of ether oxygens (including phenoxy) is 1. The van der Waals surface area contributed by atoms with E-state index in [1.807, 2.05) is 31.0 Å². The molecule has 0 fully saturated rings. The fourth-order valence-electron chi connectivity index (χ4n) is 2.26. The molecule has 2 N–H and O–H groups in total. The van der Waals surface area contributed by atoms with Crippen LogP contribution in [0.5, 0.6) is 5.75 Å². The normalized spacial score (nSPS) is 10.5. The Hall–Kier alpha value is -2.30. The molecule has 2 aromatic rings. The van der Waals surface area contributed by atoms with Gasteiger partial charge in [-0.1, -0.05) is 6.07 Å². The van der Waals surface area contributed by atoms with Gasteiger partial charge in [0.2, 0.25) is 5.95 Å². The van der Waals surface area contributed by atoms with Crippen LogP contribution in [0.4, 0.5) is 11.8 Å². The third-order valence-corrected chi connectivity index (χ3v) is 3.22. The van der Waals surface area contributed by atoms with Crippen LogP contribution in [0.15, 0.2) is 24.4 Å². The Morgan fingerprint density at radius 2 is 1.81 bits per heavy atom. The maximum absolute atomic E-state index is 5.81.